The van der Waals surface area contributed by atoms with Crippen LogP contribution in [0.15, 0.2) is 4.99 Å². The first-order chi connectivity index (χ1) is 9.13. The molecule has 0 saturated heterocycles. The van der Waals surface area contributed by atoms with Gasteiger partial charge in [0.1, 0.15) is 0 Å². The van der Waals surface area contributed by atoms with Gasteiger partial charge in [-0.05, 0) is 6.42 Å². The minimum atomic E-state index is 0.394. The standard InChI is InChI=1S/C12H23N5O2/c1-5-10-9(11(19-4)17(2)16-10)8-15-12(13)14-6-7-18-3/h5-8H2,1-4H3,(H3,13,14,15). The predicted molar refractivity (Wildman–Crippen MR) is 74.3 cm³/mol. The molecule has 0 aliphatic heterocycles. The van der Waals surface area contributed by atoms with E-state index in [1.165, 1.54) is 0 Å². The van der Waals surface area contributed by atoms with Gasteiger partial charge in [0.25, 0.3) is 0 Å². The second kappa shape index (κ2) is 7.63. The second-order valence-electron chi connectivity index (χ2n) is 4.03. The van der Waals surface area contributed by atoms with Crippen LogP contribution in [0.2, 0.25) is 0 Å². The molecule has 0 amide bonds. The quantitative estimate of drug-likeness (QED) is 0.415. The van der Waals surface area contributed by atoms with Gasteiger partial charge >= 0.3 is 0 Å². The summed E-state index contributed by atoms with van der Waals surface area (Å²) in [6, 6.07) is 0. The van der Waals surface area contributed by atoms with Crippen molar-refractivity contribution < 1.29 is 9.47 Å². The van der Waals surface area contributed by atoms with Gasteiger partial charge in [-0.2, -0.15) is 5.10 Å². The molecule has 7 heteroatoms. The fourth-order valence-electron chi connectivity index (χ4n) is 1.81. The molecule has 1 heterocycles. The van der Waals surface area contributed by atoms with Gasteiger partial charge in [0.15, 0.2) is 5.96 Å². The number of ether oxygens (including phenoxy) is 2. The number of guanidine groups is 1. The average Bonchev–Trinajstić information content (AvgIpc) is 2.72. The third kappa shape index (κ3) is 4.13. The van der Waals surface area contributed by atoms with Crippen molar-refractivity contribution in [3.8, 4) is 5.88 Å². The summed E-state index contributed by atoms with van der Waals surface area (Å²) in [5.41, 5.74) is 7.72. The molecule has 0 aliphatic carbocycles. The van der Waals surface area contributed by atoms with Crippen molar-refractivity contribution in [3.05, 3.63) is 11.3 Å². The van der Waals surface area contributed by atoms with Crippen LogP contribution in [0.25, 0.3) is 0 Å². The fraction of sp³-hybridized carbons (Fsp3) is 0.667. The summed E-state index contributed by atoms with van der Waals surface area (Å²) in [5.74, 6) is 1.12. The van der Waals surface area contributed by atoms with Gasteiger partial charge < -0.3 is 20.5 Å². The third-order valence-electron chi connectivity index (χ3n) is 2.72. The van der Waals surface area contributed by atoms with Gasteiger partial charge in [-0.3, -0.25) is 0 Å². The Morgan fingerprint density at radius 2 is 2.21 bits per heavy atom. The minimum Gasteiger partial charge on any atom is -0.481 e. The van der Waals surface area contributed by atoms with Crippen molar-refractivity contribution in [1.82, 2.24) is 15.1 Å². The van der Waals surface area contributed by atoms with Crippen LogP contribution >= 0.6 is 0 Å². The Morgan fingerprint density at radius 1 is 1.47 bits per heavy atom. The zero-order chi connectivity index (χ0) is 14.3. The summed E-state index contributed by atoms with van der Waals surface area (Å²) in [7, 11) is 5.12. The van der Waals surface area contributed by atoms with Crippen molar-refractivity contribution in [1.29, 1.82) is 0 Å². The zero-order valence-corrected chi connectivity index (χ0v) is 12.1. The fourth-order valence-corrected chi connectivity index (χ4v) is 1.81. The SMILES string of the molecule is CCc1nn(C)c(OC)c1CN=C(N)NCCOC. The van der Waals surface area contributed by atoms with Crippen molar-refractivity contribution in [2.75, 3.05) is 27.4 Å². The van der Waals surface area contributed by atoms with Gasteiger partial charge in [-0.15, -0.1) is 0 Å². The number of nitrogens with zero attached hydrogens (tertiary/aromatic N) is 3. The molecule has 19 heavy (non-hydrogen) atoms. The summed E-state index contributed by atoms with van der Waals surface area (Å²) in [5, 5.41) is 7.36. The molecule has 0 aliphatic rings. The van der Waals surface area contributed by atoms with E-state index in [0.717, 1.165) is 23.6 Å². The van der Waals surface area contributed by atoms with Crippen LogP contribution in [0.3, 0.4) is 0 Å². The van der Waals surface area contributed by atoms with Gasteiger partial charge in [-0.1, -0.05) is 6.92 Å². The lowest BCUT2D eigenvalue weighted by atomic mass is 10.2. The Morgan fingerprint density at radius 3 is 2.79 bits per heavy atom. The summed E-state index contributed by atoms with van der Waals surface area (Å²) in [6.45, 7) is 3.73. The van der Waals surface area contributed by atoms with E-state index in [4.69, 9.17) is 15.2 Å². The number of aromatic nitrogens is 2. The van der Waals surface area contributed by atoms with Gasteiger partial charge in [0.05, 0.1) is 31.5 Å². The molecular formula is C12H23N5O2. The van der Waals surface area contributed by atoms with Gasteiger partial charge in [0.2, 0.25) is 5.88 Å². The molecule has 0 radical (unpaired) electrons. The number of methoxy groups -OCH3 is 2. The number of aliphatic imine (C=N–C) groups is 1. The zero-order valence-electron chi connectivity index (χ0n) is 12.1. The number of nitrogens with one attached hydrogen (secondary N) is 1. The van der Waals surface area contributed by atoms with E-state index in [1.54, 1.807) is 18.9 Å². The summed E-state index contributed by atoms with van der Waals surface area (Å²) >= 11 is 0. The second-order valence-corrected chi connectivity index (χ2v) is 4.03. The molecule has 1 rings (SSSR count). The van der Waals surface area contributed by atoms with Crippen LogP contribution in [0.1, 0.15) is 18.2 Å². The summed E-state index contributed by atoms with van der Waals surface area (Å²) in [6.07, 6.45) is 0.832. The Labute approximate surface area is 113 Å². The number of rotatable bonds is 7. The molecule has 0 fully saturated rings. The van der Waals surface area contributed by atoms with E-state index in [9.17, 15) is 0 Å². The molecule has 0 bridgehead atoms. The Balaban J connectivity index is 2.73. The van der Waals surface area contributed by atoms with E-state index in [2.05, 4.69) is 22.3 Å². The highest BCUT2D eigenvalue weighted by molar-refractivity contribution is 5.77. The van der Waals surface area contributed by atoms with E-state index in [1.807, 2.05) is 7.05 Å². The molecule has 1 aromatic rings. The summed E-state index contributed by atoms with van der Waals surface area (Å²) < 4.78 is 12.0. The lowest BCUT2D eigenvalue weighted by Gasteiger charge is -2.06. The largest absolute Gasteiger partial charge is 0.481 e. The number of hydrogen-bond acceptors (Lipinski definition) is 4. The highest BCUT2D eigenvalue weighted by atomic mass is 16.5. The van der Waals surface area contributed by atoms with Crippen LogP contribution in [0.5, 0.6) is 5.88 Å². The van der Waals surface area contributed by atoms with Crippen molar-refractivity contribution in [2.24, 2.45) is 17.8 Å². The number of aryl methyl sites for hydroxylation is 2. The van der Waals surface area contributed by atoms with E-state index in [0.29, 0.717) is 25.7 Å². The smallest absolute Gasteiger partial charge is 0.216 e. The van der Waals surface area contributed by atoms with Crippen molar-refractivity contribution in [3.63, 3.8) is 0 Å². The van der Waals surface area contributed by atoms with E-state index >= 15 is 0 Å². The van der Waals surface area contributed by atoms with Gasteiger partial charge in [0, 0.05) is 20.7 Å². The molecule has 0 aromatic carbocycles. The molecule has 1 aromatic heterocycles. The third-order valence-corrected chi connectivity index (χ3v) is 2.72. The first-order valence-electron chi connectivity index (χ1n) is 6.25. The van der Waals surface area contributed by atoms with Crippen LogP contribution in [-0.2, 0) is 24.8 Å². The Kier molecular flexibility index (Phi) is 6.14. The maximum Gasteiger partial charge on any atom is 0.216 e. The number of nitrogens with two attached hydrogens (primary N) is 1. The maximum atomic E-state index is 5.77. The summed E-state index contributed by atoms with van der Waals surface area (Å²) in [4.78, 5) is 4.29. The molecule has 108 valence electrons. The van der Waals surface area contributed by atoms with Crippen LogP contribution in [0.4, 0.5) is 0 Å². The first-order valence-corrected chi connectivity index (χ1v) is 6.25. The Hall–Kier alpha value is -1.76. The lowest BCUT2D eigenvalue weighted by Crippen LogP contribution is -2.34. The molecule has 0 saturated carbocycles. The predicted octanol–water partition coefficient (Wildman–Crippen LogP) is 0.0418. The van der Waals surface area contributed by atoms with Crippen LogP contribution in [-0.4, -0.2) is 43.1 Å². The minimum absolute atomic E-state index is 0.394. The molecule has 3 N–H and O–H groups in total. The highest BCUT2D eigenvalue weighted by Gasteiger charge is 2.14. The normalized spacial score (nSPS) is 11.7. The maximum absolute atomic E-state index is 5.77. The molecule has 0 unspecified atom stereocenters. The highest BCUT2D eigenvalue weighted by Crippen LogP contribution is 2.22. The monoisotopic (exact) mass is 269 g/mol. The van der Waals surface area contributed by atoms with Gasteiger partial charge in [-0.25, -0.2) is 9.67 Å². The molecule has 0 spiro atoms. The first kappa shape index (κ1) is 15.3. The van der Waals surface area contributed by atoms with Crippen LogP contribution < -0.4 is 15.8 Å². The van der Waals surface area contributed by atoms with E-state index in [-0.39, 0.29) is 0 Å². The topological polar surface area (TPSA) is 86.7 Å². The van der Waals surface area contributed by atoms with Crippen LogP contribution in [0, 0.1) is 0 Å². The van der Waals surface area contributed by atoms with Crippen molar-refractivity contribution >= 4 is 5.96 Å². The average molecular weight is 269 g/mol. The number of hydrogen-bond donors (Lipinski definition) is 2. The van der Waals surface area contributed by atoms with E-state index < -0.39 is 0 Å². The molecular weight excluding hydrogens is 246 g/mol. The van der Waals surface area contributed by atoms with Crippen molar-refractivity contribution in [2.45, 2.75) is 19.9 Å². The molecule has 0 atom stereocenters. The molecule has 7 nitrogen and oxygen atoms in total. The lowest BCUT2D eigenvalue weighted by molar-refractivity contribution is 0.204. The Bertz CT molecular complexity index is 428.